The Bertz CT molecular complexity index is 1170. The Balaban J connectivity index is 1.61. The lowest BCUT2D eigenvalue weighted by Gasteiger charge is -2.06. The number of aryl methyl sites for hydroxylation is 3. The van der Waals surface area contributed by atoms with Gasteiger partial charge in [-0.25, -0.2) is 0 Å². The molecule has 0 saturated carbocycles. The zero-order chi connectivity index (χ0) is 19.7. The monoisotopic (exact) mass is 396 g/mol. The molecule has 7 nitrogen and oxygen atoms in total. The molecule has 3 aromatic heterocycles. The normalized spacial score (nSPS) is 11.1. The van der Waals surface area contributed by atoms with Crippen molar-refractivity contribution in [2.24, 2.45) is 0 Å². The molecule has 0 unspecified atom stereocenters. The Hall–Kier alpha value is -3.19. The first-order valence-electron chi connectivity index (χ1n) is 8.74. The summed E-state index contributed by atoms with van der Waals surface area (Å²) in [5, 5.41) is 8.50. The fourth-order valence-electron chi connectivity index (χ4n) is 3.02. The number of benzene rings is 1. The highest BCUT2D eigenvalue weighted by atomic mass is 35.5. The van der Waals surface area contributed by atoms with Crippen LogP contribution in [0.4, 0.5) is 0 Å². The summed E-state index contributed by atoms with van der Waals surface area (Å²) in [6.45, 7) is 4.24. The molecule has 0 aliphatic rings. The van der Waals surface area contributed by atoms with Crippen LogP contribution in [-0.2, 0) is 13.0 Å². The van der Waals surface area contributed by atoms with Crippen molar-refractivity contribution >= 4 is 11.6 Å². The van der Waals surface area contributed by atoms with E-state index in [0.717, 1.165) is 17.0 Å². The van der Waals surface area contributed by atoms with Crippen molar-refractivity contribution in [1.82, 2.24) is 19.9 Å². The molecule has 0 fully saturated rings. The van der Waals surface area contributed by atoms with E-state index >= 15 is 0 Å². The van der Waals surface area contributed by atoms with Gasteiger partial charge >= 0.3 is 0 Å². The van der Waals surface area contributed by atoms with Crippen molar-refractivity contribution in [1.29, 1.82) is 0 Å². The van der Waals surface area contributed by atoms with E-state index in [1.807, 2.05) is 32.0 Å². The average molecular weight is 397 g/mol. The van der Waals surface area contributed by atoms with E-state index in [1.165, 1.54) is 6.07 Å². The second kappa shape index (κ2) is 7.44. The first kappa shape index (κ1) is 18.2. The summed E-state index contributed by atoms with van der Waals surface area (Å²) in [6, 6.07) is 10.4. The van der Waals surface area contributed by atoms with Gasteiger partial charge < -0.3 is 13.6 Å². The second-order valence-electron chi connectivity index (χ2n) is 6.41. The van der Waals surface area contributed by atoms with E-state index in [9.17, 15) is 4.79 Å². The van der Waals surface area contributed by atoms with Crippen molar-refractivity contribution < 1.29 is 9.05 Å². The summed E-state index contributed by atoms with van der Waals surface area (Å²) in [5.74, 6) is 1.48. The van der Waals surface area contributed by atoms with E-state index < -0.39 is 0 Å². The van der Waals surface area contributed by atoms with E-state index in [0.29, 0.717) is 40.8 Å². The van der Waals surface area contributed by atoms with Crippen LogP contribution in [0, 0.1) is 13.8 Å². The summed E-state index contributed by atoms with van der Waals surface area (Å²) in [6.07, 6.45) is 2.35. The zero-order valence-electron chi connectivity index (χ0n) is 15.3. The molecule has 142 valence electrons. The minimum atomic E-state index is -0.110. The number of rotatable bonds is 5. The van der Waals surface area contributed by atoms with Gasteiger partial charge in [-0.1, -0.05) is 34.0 Å². The Morgan fingerprint density at radius 3 is 2.64 bits per heavy atom. The molecule has 28 heavy (non-hydrogen) atoms. The van der Waals surface area contributed by atoms with E-state index in [1.54, 1.807) is 22.9 Å². The Morgan fingerprint density at radius 1 is 1.07 bits per heavy atom. The van der Waals surface area contributed by atoms with Crippen molar-refractivity contribution in [2.45, 2.75) is 26.8 Å². The molecular formula is C20H17ClN4O3. The highest BCUT2D eigenvalue weighted by Gasteiger charge is 2.14. The maximum atomic E-state index is 12.2. The highest BCUT2D eigenvalue weighted by molar-refractivity contribution is 6.33. The predicted octanol–water partition coefficient (Wildman–Crippen LogP) is 4.07. The van der Waals surface area contributed by atoms with Crippen LogP contribution < -0.4 is 5.56 Å². The van der Waals surface area contributed by atoms with Crippen LogP contribution in [0.3, 0.4) is 0 Å². The third-order valence-corrected chi connectivity index (χ3v) is 4.88. The molecular weight excluding hydrogens is 380 g/mol. The van der Waals surface area contributed by atoms with Crippen molar-refractivity contribution in [2.75, 3.05) is 0 Å². The molecule has 8 heteroatoms. The molecule has 0 amide bonds. The maximum Gasteiger partial charge on any atom is 0.259 e. The topological polar surface area (TPSA) is 86.9 Å². The SMILES string of the molecule is Cc1noc(C)c1CCn1cc(-c2nc(-c3ccccc3Cl)no2)ccc1=O. The van der Waals surface area contributed by atoms with Gasteiger partial charge in [-0.2, -0.15) is 4.98 Å². The molecule has 0 radical (unpaired) electrons. The predicted molar refractivity (Wildman–Crippen MR) is 104 cm³/mol. The van der Waals surface area contributed by atoms with Gasteiger partial charge in [-0.15, -0.1) is 0 Å². The minimum absolute atomic E-state index is 0.110. The molecule has 0 spiro atoms. The molecule has 0 aliphatic heterocycles. The lowest BCUT2D eigenvalue weighted by atomic mass is 10.1. The molecule has 1 aromatic carbocycles. The largest absolute Gasteiger partial charge is 0.361 e. The fraction of sp³-hybridized carbons (Fsp3) is 0.200. The molecule has 0 bridgehead atoms. The van der Waals surface area contributed by atoms with Crippen LogP contribution in [0.5, 0.6) is 0 Å². The van der Waals surface area contributed by atoms with Gasteiger partial charge in [0.1, 0.15) is 5.76 Å². The minimum Gasteiger partial charge on any atom is -0.361 e. The molecule has 4 rings (SSSR count). The Morgan fingerprint density at radius 2 is 1.89 bits per heavy atom. The van der Waals surface area contributed by atoms with Crippen LogP contribution in [0.15, 0.2) is 56.4 Å². The number of pyridine rings is 1. The second-order valence-corrected chi connectivity index (χ2v) is 6.81. The van der Waals surface area contributed by atoms with Crippen LogP contribution >= 0.6 is 11.6 Å². The first-order chi connectivity index (χ1) is 13.5. The molecule has 0 atom stereocenters. The number of halogens is 1. The van der Waals surface area contributed by atoms with E-state index in [-0.39, 0.29) is 5.56 Å². The standard InChI is InChI=1S/C20H17ClN4O3/c1-12-15(13(2)27-23-12)9-10-25-11-14(7-8-18(25)26)20-22-19(24-28-20)16-5-3-4-6-17(16)21/h3-8,11H,9-10H2,1-2H3. The van der Waals surface area contributed by atoms with Crippen LogP contribution in [0.25, 0.3) is 22.8 Å². The molecule has 0 N–H and O–H groups in total. The van der Waals surface area contributed by atoms with Gasteiger partial charge in [-0.3, -0.25) is 4.79 Å². The van der Waals surface area contributed by atoms with Crippen molar-refractivity contribution in [3.63, 3.8) is 0 Å². The summed E-state index contributed by atoms with van der Waals surface area (Å²) in [4.78, 5) is 16.7. The Labute approximate surface area is 165 Å². The molecule has 0 aliphatic carbocycles. The number of hydrogen-bond donors (Lipinski definition) is 0. The molecule has 4 aromatic rings. The van der Waals surface area contributed by atoms with Gasteiger partial charge in [-0.05, 0) is 38.5 Å². The first-order valence-corrected chi connectivity index (χ1v) is 9.12. The van der Waals surface area contributed by atoms with Gasteiger partial charge in [0, 0.05) is 29.9 Å². The zero-order valence-corrected chi connectivity index (χ0v) is 16.1. The van der Waals surface area contributed by atoms with Crippen LogP contribution in [0.1, 0.15) is 17.0 Å². The third kappa shape index (κ3) is 3.48. The number of nitrogens with zero attached hydrogens (tertiary/aromatic N) is 4. The molecule has 0 saturated heterocycles. The van der Waals surface area contributed by atoms with Gasteiger partial charge in [0.25, 0.3) is 11.4 Å². The quantitative estimate of drug-likeness (QED) is 0.505. The summed E-state index contributed by atoms with van der Waals surface area (Å²) < 4.78 is 12.2. The number of aromatic nitrogens is 4. The summed E-state index contributed by atoms with van der Waals surface area (Å²) in [7, 11) is 0. The van der Waals surface area contributed by atoms with Gasteiger partial charge in [0.2, 0.25) is 5.82 Å². The lowest BCUT2D eigenvalue weighted by Crippen LogP contribution is -2.19. The van der Waals surface area contributed by atoms with Crippen molar-refractivity contribution in [3.05, 3.63) is 75.0 Å². The van der Waals surface area contributed by atoms with Crippen molar-refractivity contribution in [3.8, 4) is 22.8 Å². The maximum absolute atomic E-state index is 12.2. The molecule has 3 heterocycles. The van der Waals surface area contributed by atoms with E-state index in [2.05, 4.69) is 15.3 Å². The smallest absolute Gasteiger partial charge is 0.259 e. The van der Waals surface area contributed by atoms with Gasteiger partial charge in [0.05, 0.1) is 16.3 Å². The average Bonchev–Trinajstić information content (AvgIpc) is 3.29. The van der Waals surface area contributed by atoms with Crippen LogP contribution in [0.2, 0.25) is 5.02 Å². The third-order valence-electron chi connectivity index (χ3n) is 4.56. The van der Waals surface area contributed by atoms with Gasteiger partial charge in [0.15, 0.2) is 0 Å². The summed E-state index contributed by atoms with van der Waals surface area (Å²) >= 11 is 6.20. The summed E-state index contributed by atoms with van der Waals surface area (Å²) in [5.41, 5.74) is 3.08. The highest BCUT2D eigenvalue weighted by Crippen LogP contribution is 2.27. The van der Waals surface area contributed by atoms with Crippen LogP contribution in [-0.4, -0.2) is 19.9 Å². The van der Waals surface area contributed by atoms with E-state index in [4.69, 9.17) is 20.6 Å². The fourth-order valence-corrected chi connectivity index (χ4v) is 3.24. The lowest BCUT2D eigenvalue weighted by molar-refractivity contribution is 0.392. The Kier molecular flexibility index (Phi) is 4.83. The number of hydrogen-bond acceptors (Lipinski definition) is 6.